The van der Waals surface area contributed by atoms with Crippen LogP contribution in [-0.4, -0.2) is 26.1 Å². The second kappa shape index (κ2) is 9.35. The van der Waals surface area contributed by atoms with Crippen molar-refractivity contribution >= 4 is 34.9 Å². The van der Waals surface area contributed by atoms with E-state index in [1.165, 1.54) is 18.4 Å². The van der Waals surface area contributed by atoms with Crippen molar-refractivity contribution < 1.29 is 4.52 Å². The molecule has 2 heterocycles. The Bertz CT molecular complexity index is 785. The first-order valence-electron chi connectivity index (χ1n) is 8.29. The van der Waals surface area contributed by atoms with Crippen LogP contribution in [0.1, 0.15) is 38.1 Å². The molecule has 8 heteroatoms. The highest BCUT2D eigenvalue weighted by atomic mass is 32.2. The molecule has 0 unspecified atom stereocenters. The topological polar surface area (TPSA) is 64.7 Å². The van der Waals surface area contributed by atoms with Crippen molar-refractivity contribution in [2.24, 2.45) is 0 Å². The molecule has 0 aliphatic carbocycles. The number of aromatic nitrogens is 4. The van der Waals surface area contributed by atoms with Crippen LogP contribution < -0.4 is 0 Å². The summed E-state index contributed by atoms with van der Waals surface area (Å²) < 4.78 is 7.32. The Hall–Kier alpha value is -1.38. The SMILES string of the molecule is CCCCSc1nnc(SCc2nc(-c3ccc(CC)cc3)no2)s1. The van der Waals surface area contributed by atoms with Gasteiger partial charge in [0.05, 0.1) is 5.75 Å². The van der Waals surface area contributed by atoms with Crippen molar-refractivity contribution in [1.82, 2.24) is 20.3 Å². The van der Waals surface area contributed by atoms with Crippen LogP contribution in [0.15, 0.2) is 37.5 Å². The molecule has 5 nitrogen and oxygen atoms in total. The molecular formula is C17H20N4OS3. The van der Waals surface area contributed by atoms with Crippen molar-refractivity contribution in [2.75, 3.05) is 5.75 Å². The van der Waals surface area contributed by atoms with Crippen LogP contribution >= 0.6 is 34.9 Å². The molecule has 1 aromatic carbocycles. The number of rotatable bonds is 9. The van der Waals surface area contributed by atoms with Gasteiger partial charge in [-0.3, -0.25) is 0 Å². The van der Waals surface area contributed by atoms with Gasteiger partial charge < -0.3 is 4.52 Å². The van der Waals surface area contributed by atoms with E-state index < -0.39 is 0 Å². The van der Waals surface area contributed by atoms with Gasteiger partial charge in [0.2, 0.25) is 11.7 Å². The maximum absolute atomic E-state index is 5.35. The largest absolute Gasteiger partial charge is 0.338 e. The third-order valence-corrected chi connectivity index (χ3v) is 6.78. The third-order valence-electron chi connectivity index (χ3n) is 3.52. The number of benzene rings is 1. The first kappa shape index (κ1) is 18.4. The van der Waals surface area contributed by atoms with Crippen molar-refractivity contribution in [3.63, 3.8) is 0 Å². The summed E-state index contributed by atoms with van der Waals surface area (Å²) in [6.07, 6.45) is 3.43. The Balaban J connectivity index is 1.54. The number of unbranched alkanes of at least 4 members (excludes halogenated alkanes) is 1. The predicted molar refractivity (Wildman–Crippen MR) is 104 cm³/mol. The van der Waals surface area contributed by atoms with Gasteiger partial charge >= 0.3 is 0 Å². The second-order valence-corrected chi connectivity index (χ2v) is 8.93. The fourth-order valence-electron chi connectivity index (χ4n) is 2.06. The minimum Gasteiger partial charge on any atom is -0.338 e. The summed E-state index contributed by atoms with van der Waals surface area (Å²) >= 11 is 4.98. The fraction of sp³-hybridized carbons (Fsp3) is 0.412. The first-order valence-corrected chi connectivity index (χ1v) is 11.1. The van der Waals surface area contributed by atoms with Crippen LogP contribution in [0, 0.1) is 0 Å². The van der Waals surface area contributed by atoms with Gasteiger partial charge in [-0.2, -0.15) is 4.98 Å². The Morgan fingerprint density at radius 3 is 2.52 bits per heavy atom. The molecule has 25 heavy (non-hydrogen) atoms. The van der Waals surface area contributed by atoms with Gasteiger partial charge in [0.1, 0.15) is 0 Å². The predicted octanol–water partition coefficient (Wildman–Crippen LogP) is 5.34. The van der Waals surface area contributed by atoms with Gasteiger partial charge in [-0.1, -0.05) is 84.6 Å². The third kappa shape index (κ3) is 5.29. The van der Waals surface area contributed by atoms with E-state index >= 15 is 0 Å². The van der Waals surface area contributed by atoms with Crippen molar-refractivity contribution in [1.29, 1.82) is 0 Å². The highest BCUT2D eigenvalue weighted by Crippen LogP contribution is 2.31. The van der Waals surface area contributed by atoms with Gasteiger partial charge in [0.15, 0.2) is 8.68 Å². The van der Waals surface area contributed by atoms with Gasteiger partial charge in [-0.25, -0.2) is 0 Å². The summed E-state index contributed by atoms with van der Waals surface area (Å²) in [5.74, 6) is 2.94. The summed E-state index contributed by atoms with van der Waals surface area (Å²) in [6, 6.07) is 8.26. The van der Waals surface area contributed by atoms with Gasteiger partial charge in [0, 0.05) is 11.3 Å². The van der Waals surface area contributed by atoms with Gasteiger partial charge in [0.25, 0.3) is 0 Å². The van der Waals surface area contributed by atoms with E-state index in [9.17, 15) is 0 Å². The number of hydrogen-bond donors (Lipinski definition) is 0. The lowest BCUT2D eigenvalue weighted by Crippen LogP contribution is -1.84. The smallest absolute Gasteiger partial charge is 0.237 e. The minimum absolute atomic E-state index is 0.605. The maximum atomic E-state index is 5.35. The first-order chi connectivity index (χ1) is 12.3. The van der Waals surface area contributed by atoms with Crippen molar-refractivity contribution in [2.45, 2.75) is 47.5 Å². The molecule has 0 bridgehead atoms. The number of aryl methyl sites for hydroxylation is 1. The summed E-state index contributed by atoms with van der Waals surface area (Å²) in [5, 5.41) is 12.5. The average molecular weight is 393 g/mol. The van der Waals surface area contributed by atoms with Crippen LogP contribution in [0.3, 0.4) is 0 Å². The van der Waals surface area contributed by atoms with Crippen LogP contribution in [-0.2, 0) is 12.2 Å². The molecule has 0 spiro atoms. The number of nitrogens with zero attached hydrogens (tertiary/aromatic N) is 4. The van der Waals surface area contributed by atoms with Gasteiger partial charge in [-0.05, 0) is 18.4 Å². The molecule has 0 radical (unpaired) electrons. The second-order valence-electron chi connectivity index (χ2n) is 5.39. The molecule has 2 aromatic heterocycles. The molecule has 0 atom stereocenters. The highest BCUT2D eigenvalue weighted by Gasteiger charge is 2.11. The van der Waals surface area contributed by atoms with E-state index in [0.29, 0.717) is 17.5 Å². The zero-order valence-corrected chi connectivity index (χ0v) is 16.7. The van der Waals surface area contributed by atoms with Crippen LogP contribution in [0.2, 0.25) is 0 Å². The Morgan fingerprint density at radius 2 is 1.80 bits per heavy atom. The quantitative estimate of drug-likeness (QED) is 0.360. The summed E-state index contributed by atoms with van der Waals surface area (Å²) in [4.78, 5) is 4.47. The zero-order valence-electron chi connectivity index (χ0n) is 14.3. The van der Waals surface area contributed by atoms with Crippen molar-refractivity contribution in [3.8, 4) is 11.4 Å². The van der Waals surface area contributed by atoms with E-state index in [1.54, 1.807) is 34.9 Å². The molecule has 0 fully saturated rings. The average Bonchev–Trinajstić information content (AvgIpc) is 3.30. The summed E-state index contributed by atoms with van der Waals surface area (Å²) in [5.41, 5.74) is 2.27. The molecule has 0 saturated heterocycles. The molecule has 0 saturated carbocycles. The molecule has 0 N–H and O–H groups in total. The normalized spacial score (nSPS) is 11.1. The monoisotopic (exact) mass is 392 g/mol. The number of thioether (sulfide) groups is 2. The molecule has 132 valence electrons. The van der Waals surface area contributed by atoms with E-state index in [2.05, 4.69) is 46.3 Å². The Labute approximate surface area is 160 Å². The van der Waals surface area contributed by atoms with E-state index in [4.69, 9.17) is 4.52 Å². The minimum atomic E-state index is 0.605. The van der Waals surface area contributed by atoms with Crippen molar-refractivity contribution in [3.05, 3.63) is 35.7 Å². The van der Waals surface area contributed by atoms with Crippen LogP contribution in [0.5, 0.6) is 0 Å². The Kier molecular flexibility index (Phi) is 6.89. The number of hydrogen-bond acceptors (Lipinski definition) is 8. The van der Waals surface area contributed by atoms with Crippen LogP contribution in [0.25, 0.3) is 11.4 Å². The lowest BCUT2D eigenvalue weighted by molar-refractivity contribution is 0.391. The zero-order chi connectivity index (χ0) is 17.5. The molecular weight excluding hydrogens is 372 g/mol. The molecule has 0 amide bonds. The van der Waals surface area contributed by atoms with E-state index in [0.717, 1.165) is 26.4 Å². The molecule has 0 aliphatic rings. The van der Waals surface area contributed by atoms with E-state index in [-0.39, 0.29) is 0 Å². The standard InChI is InChI=1S/C17H20N4OS3/c1-3-5-10-23-16-19-20-17(25-16)24-11-14-18-15(21-22-14)13-8-6-12(4-2)7-9-13/h6-9H,3-5,10-11H2,1-2H3. The van der Waals surface area contributed by atoms with Gasteiger partial charge in [-0.15, -0.1) is 10.2 Å². The summed E-state index contributed by atoms with van der Waals surface area (Å²) in [7, 11) is 0. The summed E-state index contributed by atoms with van der Waals surface area (Å²) in [6.45, 7) is 4.33. The molecule has 3 rings (SSSR count). The lowest BCUT2D eigenvalue weighted by Gasteiger charge is -1.97. The maximum Gasteiger partial charge on any atom is 0.237 e. The molecule has 3 aromatic rings. The fourth-order valence-corrected chi connectivity index (χ4v) is 5.07. The molecule has 0 aliphatic heterocycles. The Morgan fingerprint density at radius 1 is 1.04 bits per heavy atom. The van der Waals surface area contributed by atoms with E-state index in [1.807, 2.05) is 12.1 Å². The highest BCUT2D eigenvalue weighted by molar-refractivity contribution is 8.02. The van der Waals surface area contributed by atoms with Crippen LogP contribution in [0.4, 0.5) is 0 Å². The lowest BCUT2D eigenvalue weighted by atomic mass is 10.1.